The Hall–Kier alpha value is -0.610. The van der Waals surface area contributed by atoms with Crippen LogP contribution in [0.1, 0.15) is 26.2 Å². The third kappa shape index (κ3) is 3.68. The summed E-state index contributed by atoms with van der Waals surface area (Å²) in [7, 11) is 0. The number of hydrogen-bond donors (Lipinski definition) is 0. The molecule has 0 bridgehead atoms. The molecule has 17 heavy (non-hydrogen) atoms. The van der Waals surface area contributed by atoms with Crippen molar-refractivity contribution in [3.8, 4) is 0 Å². The van der Waals surface area contributed by atoms with E-state index in [2.05, 4.69) is 11.8 Å². The molecule has 2 aliphatic rings. The van der Waals surface area contributed by atoms with Gasteiger partial charge in [-0.3, -0.25) is 4.79 Å². The lowest BCUT2D eigenvalue weighted by Crippen LogP contribution is -2.48. The zero-order valence-corrected chi connectivity index (χ0v) is 10.9. The summed E-state index contributed by atoms with van der Waals surface area (Å²) in [4.78, 5) is 16.6. The first kappa shape index (κ1) is 12.8. The van der Waals surface area contributed by atoms with Gasteiger partial charge >= 0.3 is 0 Å². The van der Waals surface area contributed by atoms with Gasteiger partial charge in [-0.2, -0.15) is 0 Å². The molecule has 0 atom stereocenters. The van der Waals surface area contributed by atoms with Crippen LogP contribution < -0.4 is 0 Å². The standard InChI is InChI=1S/C13H24N2O2/c1-2-14-5-7-15(8-6-14)13(16)11-12-3-9-17-10-4-12/h12H,2-11H2,1H3. The highest BCUT2D eigenvalue weighted by atomic mass is 16.5. The average molecular weight is 240 g/mol. The average Bonchev–Trinajstić information content (AvgIpc) is 2.40. The normalized spacial score (nSPS) is 23.9. The van der Waals surface area contributed by atoms with E-state index < -0.39 is 0 Å². The number of carbonyl (C=O) groups excluding carboxylic acids is 1. The number of ether oxygens (including phenoxy) is 1. The molecule has 0 spiro atoms. The van der Waals surface area contributed by atoms with Crippen LogP contribution in [-0.2, 0) is 9.53 Å². The lowest BCUT2D eigenvalue weighted by molar-refractivity contribution is -0.134. The molecule has 1 amide bonds. The van der Waals surface area contributed by atoms with Gasteiger partial charge < -0.3 is 14.5 Å². The van der Waals surface area contributed by atoms with Gasteiger partial charge in [0.1, 0.15) is 0 Å². The van der Waals surface area contributed by atoms with Crippen LogP contribution in [0.25, 0.3) is 0 Å². The van der Waals surface area contributed by atoms with E-state index in [1.165, 1.54) is 0 Å². The largest absolute Gasteiger partial charge is 0.381 e. The van der Waals surface area contributed by atoms with Crippen molar-refractivity contribution in [2.45, 2.75) is 26.2 Å². The smallest absolute Gasteiger partial charge is 0.222 e. The minimum Gasteiger partial charge on any atom is -0.381 e. The predicted molar refractivity (Wildman–Crippen MR) is 66.9 cm³/mol. The van der Waals surface area contributed by atoms with Crippen LogP contribution in [0, 0.1) is 5.92 Å². The number of hydrogen-bond acceptors (Lipinski definition) is 3. The highest BCUT2D eigenvalue weighted by Gasteiger charge is 2.23. The zero-order valence-electron chi connectivity index (χ0n) is 10.9. The predicted octanol–water partition coefficient (Wildman–Crippen LogP) is 0.967. The van der Waals surface area contributed by atoms with E-state index >= 15 is 0 Å². The van der Waals surface area contributed by atoms with Gasteiger partial charge in [0.25, 0.3) is 0 Å². The van der Waals surface area contributed by atoms with Gasteiger partial charge in [-0.1, -0.05) is 6.92 Å². The molecule has 0 N–H and O–H groups in total. The zero-order chi connectivity index (χ0) is 12.1. The lowest BCUT2D eigenvalue weighted by Gasteiger charge is -2.35. The highest BCUT2D eigenvalue weighted by molar-refractivity contribution is 5.76. The van der Waals surface area contributed by atoms with Crippen LogP contribution in [0.4, 0.5) is 0 Å². The Kier molecular flexibility index (Phi) is 4.80. The first-order valence-corrected chi connectivity index (χ1v) is 6.87. The van der Waals surface area contributed by atoms with Crippen molar-refractivity contribution >= 4 is 5.91 Å². The Bertz CT molecular complexity index is 244. The van der Waals surface area contributed by atoms with Crippen molar-refractivity contribution in [2.75, 3.05) is 45.9 Å². The SMILES string of the molecule is CCN1CCN(C(=O)CC2CCOCC2)CC1. The Morgan fingerprint density at radius 2 is 1.82 bits per heavy atom. The second-order valence-corrected chi connectivity index (χ2v) is 5.07. The van der Waals surface area contributed by atoms with Crippen LogP contribution in [0.5, 0.6) is 0 Å². The summed E-state index contributed by atoms with van der Waals surface area (Å²) in [5.74, 6) is 0.910. The van der Waals surface area contributed by atoms with Crippen molar-refractivity contribution in [3.63, 3.8) is 0 Å². The summed E-state index contributed by atoms with van der Waals surface area (Å²) in [6.07, 6.45) is 2.84. The molecule has 2 aliphatic heterocycles. The minimum atomic E-state index is 0.354. The van der Waals surface area contributed by atoms with E-state index in [1.807, 2.05) is 4.90 Å². The fourth-order valence-corrected chi connectivity index (χ4v) is 2.64. The van der Waals surface area contributed by atoms with Gasteiger partial charge in [-0.25, -0.2) is 0 Å². The van der Waals surface area contributed by atoms with E-state index in [0.717, 1.165) is 65.2 Å². The molecule has 2 rings (SSSR count). The molecule has 98 valence electrons. The summed E-state index contributed by atoms with van der Waals surface area (Å²) in [5.41, 5.74) is 0. The van der Waals surface area contributed by atoms with Crippen molar-refractivity contribution < 1.29 is 9.53 Å². The number of likely N-dealkylation sites (N-methyl/N-ethyl adjacent to an activating group) is 1. The summed E-state index contributed by atoms with van der Waals surface area (Å²) in [6, 6.07) is 0. The maximum absolute atomic E-state index is 12.1. The first-order chi connectivity index (χ1) is 8.29. The Balaban J connectivity index is 1.72. The minimum absolute atomic E-state index is 0.354. The van der Waals surface area contributed by atoms with Crippen LogP contribution in [0.2, 0.25) is 0 Å². The number of carbonyl (C=O) groups is 1. The molecule has 2 saturated heterocycles. The molecule has 0 saturated carbocycles. The van der Waals surface area contributed by atoms with Crippen LogP contribution in [0.3, 0.4) is 0 Å². The third-order valence-corrected chi connectivity index (χ3v) is 3.98. The maximum atomic E-state index is 12.1. The summed E-state index contributed by atoms with van der Waals surface area (Å²) in [6.45, 7) is 8.85. The Morgan fingerprint density at radius 3 is 2.41 bits per heavy atom. The van der Waals surface area contributed by atoms with Gasteiger partial charge in [-0.15, -0.1) is 0 Å². The van der Waals surface area contributed by atoms with E-state index in [4.69, 9.17) is 4.74 Å². The molecule has 0 aliphatic carbocycles. The summed E-state index contributed by atoms with van der Waals surface area (Å²) < 4.78 is 5.32. The summed E-state index contributed by atoms with van der Waals surface area (Å²) >= 11 is 0. The van der Waals surface area contributed by atoms with E-state index in [1.54, 1.807) is 0 Å². The summed E-state index contributed by atoms with van der Waals surface area (Å²) in [5, 5.41) is 0. The van der Waals surface area contributed by atoms with Gasteiger partial charge in [0, 0.05) is 45.8 Å². The molecule has 2 fully saturated rings. The van der Waals surface area contributed by atoms with Crippen LogP contribution in [0.15, 0.2) is 0 Å². The second-order valence-electron chi connectivity index (χ2n) is 5.07. The van der Waals surface area contributed by atoms with Gasteiger partial charge in [0.2, 0.25) is 5.91 Å². The molecule has 4 nitrogen and oxygen atoms in total. The number of piperazine rings is 1. The molecular formula is C13H24N2O2. The molecule has 0 radical (unpaired) electrons. The topological polar surface area (TPSA) is 32.8 Å². The fourth-order valence-electron chi connectivity index (χ4n) is 2.64. The Morgan fingerprint density at radius 1 is 1.18 bits per heavy atom. The van der Waals surface area contributed by atoms with E-state index in [-0.39, 0.29) is 0 Å². The first-order valence-electron chi connectivity index (χ1n) is 6.87. The highest BCUT2D eigenvalue weighted by Crippen LogP contribution is 2.19. The number of rotatable bonds is 3. The third-order valence-electron chi connectivity index (χ3n) is 3.98. The van der Waals surface area contributed by atoms with Gasteiger partial charge in [-0.05, 0) is 25.3 Å². The fraction of sp³-hybridized carbons (Fsp3) is 0.923. The number of nitrogens with zero attached hydrogens (tertiary/aromatic N) is 2. The quantitative estimate of drug-likeness (QED) is 0.737. The van der Waals surface area contributed by atoms with Crippen molar-refractivity contribution in [2.24, 2.45) is 5.92 Å². The molecule has 2 heterocycles. The maximum Gasteiger partial charge on any atom is 0.222 e. The Labute approximate surface area is 104 Å². The monoisotopic (exact) mass is 240 g/mol. The van der Waals surface area contributed by atoms with Crippen LogP contribution in [-0.4, -0.2) is 61.6 Å². The molecule has 0 unspecified atom stereocenters. The van der Waals surface area contributed by atoms with E-state index in [9.17, 15) is 4.79 Å². The molecule has 4 heteroatoms. The van der Waals surface area contributed by atoms with E-state index in [0.29, 0.717) is 11.8 Å². The second kappa shape index (κ2) is 6.36. The molecule has 0 aromatic carbocycles. The lowest BCUT2D eigenvalue weighted by atomic mass is 9.96. The van der Waals surface area contributed by atoms with Crippen molar-refractivity contribution in [1.29, 1.82) is 0 Å². The molecular weight excluding hydrogens is 216 g/mol. The molecule has 0 aromatic rings. The van der Waals surface area contributed by atoms with Gasteiger partial charge in [0.15, 0.2) is 0 Å². The van der Waals surface area contributed by atoms with Crippen molar-refractivity contribution in [3.05, 3.63) is 0 Å². The number of amides is 1. The van der Waals surface area contributed by atoms with Crippen molar-refractivity contribution in [1.82, 2.24) is 9.80 Å². The van der Waals surface area contributed by atoms with Crippen LogP contribution >= 0.6 is 0 Å². The molecule has 0 aromatic heterocycles. The van der Waals surface area contributed by atoms with Gasteiger partial charge in [0.05, 0.1) is 0 Å².